The second-order valence-electron chi connectivity index (χ2n) is 3.87. The fourth-order valence-corrected chi connectivity index (χ4v) is 1.41. The van der Waals surface area contributed by atoms with E-state index in [0.717, 1.165) is 0 Å². The number of hydrogen-bond donors (Lipinski definition) is 0. The van der Waals surface area contributed by atoms with E-state index in [4.69, 9.17) is 4.74 Å². The molecule has 0 aromatic heterocycles. The number of carbonyl (C=O) groups is 1. The third-order valence-corrected chi connectivity index (χ3v) is 2.32. The number of Topliss-reactive ketones (excluding diaryl/α,β-unsaturated/α-hetero) is 1. The number of ketones is 1. The largest absolute Gasteiger partial charge is 0.389 e. The first-order valence-electron chi connectivity index (χ1n) is 5.72. The van der Waals surface area contributed by atoms with Gasteiger partial charge in [0.05, 0.1) is 6.61 Å². The normalized spacial score (nSPS) is 11.5. The van der Waals surface area contributed by atoms with Crippen molar-refractivity contribution in [1.29, 1.82) is 0 Å². The van der Waals surface area contributed by atoms with Crippen LogP contribution < -0.4 is 0 Å². The molecule has 0 spiro atoms. The van der Waals surface area contributed by atoms with Gasteiger partial charge in [0.25, 0.3) is 0 Å². The van der Waals surface area contributed by atoms with Gasteiger partial charge in [0.2, 0.25) is 0 Å². The molecule has 0 unspecified atom stereocenters. The molecule has 0 heterocycles. The van der Waals surface area contributed by atoms with Crippen LogP contribution in [0.4, 0.5) is 13.2 Å². The first-order chi connectivity index (χ1) is 8.49. The van der Waals surface area contributed by atoms with Crippen molar-refractivity contribution in [3.8, 4) is 0 Å². The first kappa shape index (κ1) is 14.7. The van der Waals surface area contributed by atoms with Crippen molar-refractivity contribution in [2.24, 2.45) is 0 Å². The molecule has 0 saturated heterocycles. The molecule has 0 atom stereocenters. The summed E-state index contributed by atoms with van der Waals surface area (Å²) in [6.45, 7) is 0.188. The maximum absolute atomic E-state index is 11.8. The summed E-state index contributed by atoms with van der Waals surface area (Å²) in [5.41, 5.74) is 0.594. The van der Waals surface area contributed by atoms with Crippen molar-refractivity contribution in [2.45, 2.75) is 25.4 Å². The number of alkyl halides is 3. The third kappa shape index (κ3) is 6.39. The van der Waals surface area contributed by atoms with Crippen LogP contribution in [0.15, 0.2) is 30.3 Å². The molecule has 2 nitrogen and oxygen atoms in total. The van der Waals surface area contributed by atoms with E-state index in [-0.39, 0.29) is 31.8 Å². The zero-order valence-electron chi connectivity index (χ0n) is 9.87. The molecular formula is C13H15F3O2. The predicted molar refractivity (Wildman–Crippen MR) is 61.5 cm³/mol. The average Bonchev–Trinajstić information content (AvgIpc) is 2.33. The highest BCUT2D eigenvalue weighted by Crippen LogP contribution is 2.21. The Bertz CT molecular complexity index is 360. The van der Waals surface area contributed by atoms with E-state index in [1.165, 1.54) is 0 Å². The molecule has 0 radical (unpaired) electrons. The Kier molecular flexibility index (Phi) is 5.85. The molecule has 1 rings (SSSR count). The van der Waals surface area contributed by atoms with Gasteiger partial charge in [-0.3, -0.25) is 4.79 Å². The fourth-order valence-electron chi connectivity index (χ4n) is 1.41. The second-order valence-corrected chi connectivity index (χ2v) is 3.87. The van der Waals surface area contributed by atoms with Crippen molar-refractivity contribution in [1.82, 2.24) is 0 Å². The lowest BCUT2D eigenvalue weighted by atomic mass is 10.1. The quantitative estimate of drug-likeness (QED) is 0.553. The zero-order chi connectivity index (χ0) is 13.4. The van der Waals surface area contributed by atoms with Crippen molar-refractivity contribution in [3.63, 3.8) is 0 Å². The number of hydrogen-bond acceptors (Lipinski definition) is 2. The Balaban J connectivity index is 2.10. The number of benzene rings is 1. The molecule has 0 aliphatic heterocycles. The fraction of sp³-hybridized carbons (Fsp3) is 0.462. The van der Waals surface area contributed by atoms with E-state index in [9.17, 15) is 18.0 Å². The number of carbonyl (C=O) groups excluding carboxylic acids is 1. The molecule has 100 valence electrons. The maximum Gasteiger partial charge on any atom is 0.389 e. The minimum atomic E-state index is -4.14. The summed E-state index contributed by atoms with van der Waals surface area (Å²) in [5, 5.41) is 0. The second kappa shape index (κ2) is 7.16. The Hall–Kier alpha value is -1.36. The molecule has 0 aliphatic rings. The summed E-state index contributed by atoms with van der Waals surface area (Å²) in [6, 6.07) is 8.73. The van der Waals surface area contributed by atoms with Crippen LogP contribution in [0.25, 0.3) is 0 Å². The van der Waals surface area contributed by atoms with Gasteiger partial charge in [0, 0.05) is 25.0 Å². The highest BCUT2D eigenvalue weighted by molar-refractivity contribution is 5.96. The van der Waals surface area contributed by atoms with E-state index in [2.05, 4.69) is 0 Å². The first-order valence-corrected chi connectivity index (χ1v) is 5.72. The summed E-state index contributed by atoms with van der Waals surface area (Å²) in [4.78, 5) is 11.6. The van der Waals surface area contributed by atoms with Crippen LogP contribution in [0.2, 0.25) is 0 Å². The van der Waals surface area contributed by atoms with Crippen LogP contribution in [0, 0.1) is 0 Å². The Morgan fingerprint density at radius 2 is 1.78 bits per heavy atom. The average molecular weight is 260 g/mol. The summed E-state index contributed by atoms with van der Waals surface area (Å²) in [6.07, 6.45) is -4.86. The van der Waals surface area contributed by atoms with Gasteiger partial charge < -0.3 is 4.74 Å². The predicted octanol–water partition coefficient (Wildman–Crippen LogP) is 3.62. The highest BCUT2D eigenvalue weighted by atomic mass is 19.4. The van der Waals surface area contributed by atoms with Crippen molar-refractivity contribution >= 4 is 5.78 Å². The Morgan fingerprint density at radius 1 is 1.11 bits per heavy atom. The summed E-state index contributed by atoms with van der Waals surface area (Å²) in [7, 11) is 0. The molecule has 18 heavy (non-hydrogen) atoms. The van der Waals surface area contributed by atoms with Crippen LogP contribution in [0.1, 0.15) is 29.6 Å². The lowest BCUT2D eigenvalue weighted by molar-refractivity contribution is -0.137. The van der Waals surface area contributed by atoms with Crippen LogP contribution in [0.3, 0.4) is 0 Å². The minimum absolute atomic E-state index is 0.0293. The number of ether oxygens (including phenoxy) is 1. The van der Waals surface area contributed by atoms with Gasteiger partial charge in [-0.1, -0.05) is 30.3 Å². The van der Waals surface area contributed by atoms with Gasteiger partial charge in [-0.05, 0) is 6.42 Å². The van der Waals surface area contributed by atoms with Crippen LogP contribution in [-0.2, 0) is 4.74 Å². The molecule has 0 bridgehead atoms. The highest BCUT2D eigenvalue weighted by Gasteiger charge is 2.25. The molecule has 5 heteroatoms. The van der Waals surface area contributed by atoms with Gasteiger partial charge in [-0.2, -0.15) is 13.2 Å². The number of halogens is 3. The van der Waals surface area contributed by atoms with E-state index >= 15 is 0 Å². The summed E-state index contributed by atoms with van der Waals surface area (Å²) >= 11 is 0. The molecule has 0 amide bonds. The van der Waals surface area contributed by atoms with Gasteiger partial charge in [-0.15, -0.1) is 0 Å². The van der Waals surface area contributed by atoms with Crippen LogP contribution in [-0.4, -0.2) is 25.2 Å². The topological polar surface area (TPSA) is 26.3 Å². The van der Waals surface area contributed by atoms with Crippen molar-refractivity contribution in [3.05, 3.63) is 35.9 Å². The molecule has 0 N–H and O–H groups in total. The SMILES string of the molecule is O=C(CCOCCCC(F)(F)F)c1ccccc1. The Labute approximate surface area is 104 Å². The standard InChI is InChI=1S/C13H15F3O2/c14-13(15,16)8-4-9-18-10-7-12(17)11-5-2-1-3-6-11/h1-3,5-6H,4,7-10H2. The summed E-state index contributed by atoms with van der Waals surface area (Å²) < 4.78 is 40.4. The van der Waals surface area contributed by atoms with Crippen LogP contribution >= 0.6 is 0 Å². The van der Waals surface area contributed by atoms with Gasteiger partial charge >= 0.3 is 6.18 Å². The molecule has 0 fully saturated rings. The van der Waals surface area contributed by atoms with Gasteiger partial charge in [0.15, 0.2) is 5.78 Å². The monoisotopic (exact) mass is 260 g/mol. The molecular weight excluding hydrogens is 245 g/mol. The zero-order valence-corrected chi connectivity index (χ0v) is 9.87. The van der Waals surface area contributed by atoms with Gasteiger partial charge in [0.1, 0.15) is 0 Å². The molecule has 1 aromatic rings. The van der Waals surface area contributed by atoms with E-state index in [1.807, 2.05) is 6.07 Å². The Morgan fingerprint density at radius 3 is 2.39 bits per heavy atom. The van der Waals surface area contributed by atoms with Crippen molar-refractivity contribution in [2.75, 3.05) is 13.2 Å². The lowest BCUT2D eigenvalue weighted by Gasteiger charge is -2.06. The minimum Gasteiger partial charge on any atom is -0.381 e. The smallest absolute Gasteiger partial charge is 0.381 e. The van der Waals surface area contributed by atoms with E-state index < -0.39 is 12.6 Å². The molecule has 1 aromatic carbocycles. The van der Waals surface area contributed by atoms with E-state index in [0.29, 0.717) is 5.56 Å². The van der Waals surface area contributed by atoms with Crippen molar-refractivity contribution < 1.29 is 22.7 Å². The van der Waals surface area contributed by atoms with E-state index in [1.54, 1.807) is 24.3 Å². The summed E-state index contributed by atoms with van der Waals surface area (Å²) in [5.74, 6) is -0.0635. The maximum atomic E-state index is 11.8. The van der Waals surface area contributed by atoms with Crippen LogP contribution in [0.5, 0.6) is 0 Å². The third-order valence-electron chi connectivity index (χ3n) is 2.32. The molecule has 0 saturated carbocycles. The van der Waals surface area contributed by atoms with Gasteiger partial charge in [-0.25, -0.2) is 0 Å². The number of rotatable bonds is 7. The molecule has 0 aliphatic carbocycles. The lowest BCUT2D eigenvalue weighted by Crippen LogP contribution is -2.10.